The van der Waals surface area contributed by atoms with Gasteiger partial charge in [-0.05, 0) is 45.7 Å². The molecule has 0 spiro atoms. The van der Waals surface area contributed by atoms with Crippen molar-refractivity contribution in [1.82, 2.24) is 0 Å². The summed E-state index contributed by atoms with van der Waals surface area (Å²) in [5, 5.41) is 0. The number of hydrogen-bond acceptors (Lipinski definition) is 0. The molecular formula is C12H16I2. The van der Waals surface area contributed by atoms with Crippen LogP contribution in [0.15, 0.2) is 24.3 Å². The fourth-order valence-electron chi connectivity index (χ4n) is 1.41. The monoisotopic (exact) mass is 414 g/mol. The van der Waals surface area contributed by atoms with Crippen LogP contribution in [0.3, 0.4) is 0 Å². The Kier molecular flexibility index (Phi) is 7.20. The predicted molar refractivity (Wildman–Crippen MR) is 80.9 cm³/mol. The number of aryl methyl sites for hydroxylation is 2. The van der Waals surface area contributed by atoms with Crippen LogP contribution in [0.5, 0.6) is 0 Å². The van der Waals surface area contributed by atoms with Crippen LogP contribution in [0.2, 0.25) is 0 Å². The van der Waals surface area contributed by atoms with Gasteiger partial charge in [0.25, 0.3) is 0 Å². The van der Waals surface area contributed by atoms with E-state index >= 15 is 0 Å². The number of halogens is 2. The summed E-state index contributed by atoms with van der Waals surface area (Å²) in [5.41, 5.74) is 2.97. The molecule has 0 radical (unpaired) electrons. The molecular weight excluding hydrogens is 398 g/mol. The summed E-state index contributed by atoms with van der Waals surface area (Å²) in [7, 11) is 0. The zero-order valence-electron chi connectivity index (χ0n) is 8.31. The van der Waals surface area contributed by atoms with Crippen molar-refractivity contribution in [1.29, 1.82) is 0 Å². The van der Waals surface area contributed by atoms with Crippen molar-refractivity contribution in [2.75, 3.05) is 8.86 Å². The second-order valence-electron chi connectivity index (χ2n) is 3.40. The van der Waals surface area contributed by atoms with Gasteiger partial charge in [-0.25, -0.2) is 0 Å². The van der Waals surface area contributed by atoms with Crippen molar-refractivity contribution in [2.45, 2.75) is 25.7 Å². The molecule has 0 aromatic heterocycles. The molecule has 0 atom stereocenters. The van der Waals surface area contributed by atoms with Crippen LogP contribution in [0.25, 0.3) is 0 Å². The average Bonchev–Trinajstić information content (AvgIpc) is 2.25. The van der Waals surface area contributed by atoms with Crippen molar-refractivity contribution < 1.29 is 0 Å². The van der Waals surface area contributed by atoms with Crippen LogP contribution < -0.4 is 0 Å². The SMILES string of the molecule is ICCCc1ccc(CCCI)cc1. The highest BCUT2D eigenvalue weighted by atomic mass is 127. The van der Waals surface area contributed by atoms with E-state index in [9.17, 15) is 0 Å². The average molecular weight is 414 g/mol. The second-order valence-corrected chi connectivity index (χ2v) is 5.56. The molecule has 1 aromatic carbocycles. The van der Waals surface area contributed by atoms with E-state index in [2.05, 4.69) is 69.4 Å². The summed E-state index contributed by atoms with van der Waals surface area (Å²) < 4.78 is 2.52. The highest BCUT2D eigenvalue weighted by Crippen LogP contribution is 2.09. The summed E-state index contributed by atoms with van der Waals surface area (Å²) in [6.07, 6.45) is 5.06. The van der Waals surface area contributed by atoms with Gasteiger partial charge in [0.15, 0.2) is 0 Å². The van der Waals surface area contributed by atoms with Gasteiger partial charge in [0.1, 0.15) is 0 Å². The van der Waals surface area contributed by atoms with Gasteiger partial charge in [0.2, 0.25) is 0 Å². The lowest BCUT2D eigenvalue weighted by Crippen LogP contribution is -1.89. The Balaban J connectivity index is 2.42. The van der Waals surface area contributed by atoms with Gasteiger partial charge < -0.3 is 0 Å². The smallest absolute Gasteiger partial charge is 0.000156 e. The van der Waals surface area contributed by atoms with Crippen LogP contribution in [-0.4, -0.2) is 8.86 Å². The Labute approximate surface area is 114 Å². The Hall–Kier alpha value is 0.680. The van der Waals surface area contributed by atoms with Crippen LogP contribution in [0.4, 0.5) is 0 Å². The minimum atomic E-state index is 1.23. The molecule has 0 aliphatic carbocycles. The van der Waals surface area contributed by atoms with Crippen LogP contribution in [0.1, 0.15) is 24.0 Å². The molecule has 0 unspecified atom stereocenters. The maximum Gasteiger partial charge on any atom is -0.000156 e. The molecule has 1 rings (SSSR count). The van der Waals surface area contributed by atoms with E-state index in [1.165, 1.54) is 45.7 Å². The number of hydrogen-bond donors (Lipinski definition) is 0. The van der Waals surface area contributed by atoms with Crippen LogP contribution in [-0.2, 0) is 12.8 Å². The molecule has 0 nitrogen and oxygen atoms in total. The molecule has 0 N–H and O–H groups in total. The van der Waals surface area contributed by atoms with Crippen LogP contribution >= 0.6 is 45.2 Å². The third-order valence-electron chi connectivity index (χ3n) is 2.22. The molecule has 0 saturated heterocycles. The van der Waals surface area contributed by atoms with Gasteiger partial charge in [0, 0.05) is 0 Å². The van der Waals surface area contributed by atoms with E-state index in [0.29, 0.717) is 0 Å². The number of alkyl halides is 2. The standard InChI is InChI=1S/C12H16I2/c13-9-1-3-11-5-7-12(8-6-11)4-2-10-14/h5-8H,1-4,9-10H2. The number of rotatable bonds is 6. The highest BCUT2D eigenvalue weighted by molar-refractivity contribution is 14.1. The van der Waals surface area contributed by atoms with Gasteiger partial charge in [-0.15, -0.1) is 0 Å². The lowest BCUT2D eigenvalue weighted by atomic mass is 10.1. The van der Waals surface area contributed by atoms with Crippen LogP contribution in [0, 0.1) is 0 Å². The highest BCUT2D eigenvalue weighted by Gasteiger charge is 1.94. The molecule has 0 amide bonds. The normalized spacial score (nSPS) is 10.4. The fourth-order valence-corrected chi connectivity index (χ4v) is 2.18. The predicted octanol–water partition coefficient (Wildman–Crippen LogP) is 4.42. The minimum Gasteiger partial charge on any atom is -0.0864 e. The lowest BCUT2D eigenvalue weighted by molar-refractivity contribution is 0.926. The first-order valence-corrected chi connectivity index (χ1v) is 8.11. The molecule has 0 heterocycles. The Morgan fingerprint density at radius 1 is 0.714 bits per heavy atom. The molecule has 2 heteroatoms. The summed E-state index contributed by atoms with van der Waals surface area (Å²) in [6, 6.07) is 9.15. The quantitative estimate of drug-likeness (QED) is 0.478. The zero-order chi connectivity index (χ0) is 10.2. The van der Waals surface area contributed by atoms with E-state index in [1.807, 2.05) is 0 Å². The molecule has 1 aromatic rings. The zero-order valence-corrected chi connectivity index (χ0v) is 12.6. The topological polar surface area (TPSA) is 0 Å². The van der Waals surface area contributed by atoms with Crippen molar-refractivity contribution >= 4 is 45.2 Å². The van der Waals surface area contributed by atoms with Crippen molar-refractivity contribution in [3.8, 4) is 0 Å². The van der Waals surface area contributed by atoms with Crippen molar-refractivity contribution in [3.63, 3.8) is 0 Å². The fraction of sp³-hybridized carbons (Fsp3) is 0.500. The maximum atomic E-state index is 2.44. The van der Waals surface area contributed by atoms with Gasteiger partial charge >= 0.3 is 0 Å². The molecule has 14 heavy (non-hydrogen) atoms. The second kappa shape index (κ2) is 7.91. The minimum absolute atomic E-state index is 1.23. The Bertz CT molecular complexity index is 214. The Morgan fingerprint density at radius 3 is 1.36 bits per heavy atom. The van der Waals surface area contributed by atoms with Gasteiger partial charge in [0.05, 0.1) is 0 Å². The van der Waals surface area contributed by atoms with Gasteiger partial charge in [-0.3, -0.25) is 0 Å². The molecule has 0 aliphatic rings. The summed E-state index contributed by atoms with van der Waals surface area (Å²) in [6.45, 7) is 0. The first-order valence-electron chi connectivity index (χ1n) is 5.06. The molecule has 0 fully saturated rings. The molecule has 78 valence electrons. The summed E-state index contributed by atoms with van der Waals surface area (Å²) in [4.78, 5) is 0. The van der Waals surface area contributed by atoms with E-state index in [1.54, 1.807) is 0 Å². The summed E-state index contributed by atoms with van der Waals surface area (Å²) >= 11 is 4.88. The third-order valence-corrected chi connectivity index (χ3v) is 3.75. The summed E-state index contributed by atoms with van der Waals surface area (Å²) in [5.74, 6) is 0. The van der Waals surface area contributed by atoms with Crippen molar-refractivity contribution in [2.24, 2.45) is 0 Å². The first kappa shape index (κ1) is 12.7. The molecule has 0 bridgehead atoms. The van der Waals surface area contributed by atoms with E-state index in [4.69, 9.17) is 0 Å². The third kappa shape index (κ3) is 4.96. The van der Waals surface area contributed by atoms with Gasteiger partial charge in [-0.2, -0.15) is 0 Å². The molecule has 0 aliphatic heterocycles. The Morgan fingerprint density at radius 2 is 1.07 bits per heavy atom. The van der Waals surface area contributed by atoms with E-state index in [-0.39, 0.29) is 0 Å². The largest absolute Gasteiger partial charge is 0.0864 e. The molecule has 0 saturated carbocycles. The first-order chi connectivity index (χ1) is 6.86. The van der Waals surface area contributed by atoms with E-state index in [0.717, 1.165) is 0 Å². The van der Waals surface area contributed by atoms with Crippen molar-refractivity contribution in [3.05, 3.63) is 35.4 Å². The van der Waals surface area contributed by atoms with Gasteiger partial charge in [-0.1, -0.05) is 69.4 Å². The maximum absolute atomic E-state index is 2.44. The van der Waals surface area contributed by atoms with E-state index < -0.39 is 0 Å². The lowest BCUT2D eigenvalue weighted by Gasteiger charge is -2.02. The number of benzene rings is 1.